The highest BCUT2D eigenvalue weighted by Crippen LogP contribution is 2.41. The Bertz CT molecular complexity index is 3170. The van der Waals surface area contributed by atoms with Crippen LogP contribution in [0, 0.1) is 0 Å². The summed E-state index contributed by atoms with van der Waals surface area (Å²) < 4.78 is 4.68. The van der Waals surface area contributed by atoms with Crippen LogP contribution in [-0.2, 0) is 0 Å². The molecule has 0 atom stereocenters. The Morgan fingerprint density at radius 3 is 1.71 bits per heavy atom. The van der Waals surface area contributed by atoms with Gasteiger partial charge in [0, 0.05) is 50.2 Å². The van der Waals surface area contributed by atoms with Crippen molar-refractivity contribution < 1.29 is 0 Å². The predicted molar refractivity (Wildman–Crippen MR) is 232 cm³/mol. The van der Waals surface area contributed by atoms with Gasteiger partial charge in [-0.05, 0) is 95.1 Å². The number of rotatable bonds is 6. The lowest BCUT2D eigenvalue weighted by atomic mass is 9.98. The van der Waals surface area contributed by atoms with E-state index >= 15 is 0 Å². The molecular formula is C52H34N4. The number of nitrogens with zero attached hydrogens (tertiary/aromatic N) is 4. The van der Waals surface area contributed by atoms with Gasteiger partial charge in [0.2, 0.25) is 0 Å². The molecule has 0 unspecified atom stereocenters. The van der Waals surface area contributed by atoms with Crippen LogP contribution in [0.5, 0.6) is 0 Å². The first-order chi connectivity index (χ1) is 27.8. The van der Waals surface area contributed by atoms with Gasteiger partial charge in [-0.2, -0.15) is 0 Å². The Morgan fingerprint density at radius 1 is 0.339 bits per heavy atom. The third-order valence-corrected chi connectivity index (χ3v) is 11.0. The molecule has 4 aromatic heterocycles. The van der Waals surface area contributed by atoms with Crippen LogP contribution in [0.15, 0.2) is 206 Å². The van der Waals surface area contributed by atoms with Crippen LogP contribution in [0.1, 0.15) is 0 Å². The lowest BCUT2D eigenvalue weighted by Crippen LogP contribution is -1.96. The SMILES string of the molecule is c1ccc(-c2cc(-c3cccc(-n4c5ccc(-c6cccc7c6c6ccccc6n7-c6ccccc6)cc5c5cccnc54)c3)cc(-c3ccccc3)n2)cc1. The number of hydrogen-bond acceptors (Lipinski definition) is 2. The molecule has 11 rings (SSSR count). The normalized spacial score (nSPS) is 11.6. The molecule has 0 N–H and O–H groups in total. The Kier molecular flexibility index (Phi) is 7.46. The van der Waals surface area contributed by atoms with Gasteiger partial charge in [-0.25, -0.2) is 9.97 Å². The van der Waals surface area contributed by atoms with Gasteiger partial charge in [-0.15, -0.1) is 0 Å². The maximum absolute atomic E-state index is 5.12. The number of fused-ring (bicyclic) bond motifs is 6. The molecule has 4 nitrogen and oxygen atoms in total. The van der Waals surface area contributed by atoms with Crippen LogP contribution >= 0.6 is 0 Å². The quantitative estimate of drug-likeness (QED) is 0.172. The summed E-state index contributed by atoms with van der Waals surface area (Å²) in [5, 5.41) is 4.78. The highest BCUT2D eigenvalue weighted by Gasteiger charge is 2.19. The zero-order valence-corrected chi connectivity index (χ0v) is 30.4. The molecule has 0 amide bonds. The second-order valence-corrected chi connectivity index (χ2v) is 14.2. The third-order valence-electron chi connectivity index (χ3n) is 11.0. The minimum absolute atomic E-state index is 0.931. The topological polar surface area (TPSA) is 35.6 Å². The number of hydrogen-bond donors (Lipinski definition) is 0. The molecule has 4 heterocycles. The zero-order chi connectivity index (χ0) is 37.0. The highest BCUT2D eigenvalue weighted by atomic mass is 15.0. The van der Waals surface area contributed by atoms with Crippen molar-refractivity contribution in [3.8, 4) is 56.1 Å². The summed E-state index contributed by atoms with van der Waals surface area (Å²) in [4.78, 5) is 10.1. The minimum atomic E-state index is 0.931. The lowest BCUT2D eigenvalue weighted by molar-refractivity contribution is 1.14. The predicted octanol–water partition coefficient (Wildman–Crippen LogP) is 13.3. The van der Waals surface area contributed by atoms with Crippen LogP contribution in [0.25, 0.3) is 99.9 Å². The molecule has 0 fully saturated rings. The molecule has 0 aliphatic rings. The Labute approximate surface area is 324 Å². The Balaban J connectivity index is 1.08. The molecule has 262 valence electrons. The van der Waals surface area contributed by atoms with Crippen LogP contribution in [0.2, 0.25) is 0 Å². The fourth-order valence-corrected chi connectivity index (χ4v) is 8.43. The van der Waals surface area contributed by atoms with E-state index in [-0.39, 0.29) is 0 Å². The van der Waals surface area contributed by atoms with Gasteiger partial charge < -0.3 is 4.57 Å². The van der Waals surface area contributed by atoms with Crippen molar-refractivity contribution in [3.05, 3.63) is 206 Å². The standard InChI is InChI=1S/C52H34N4/c1-4-15-35(16-5-1)46-33-39(34-47(54-46)36-17-6-2-7-18-36)37-19-12-22-41(31-37)56-49-29-28-38(32-45(49)43-25-14-30-53-52(43)56)42-24-13-27-50-51(42)44-23-10-11-26-48(44)55(50)40-20-8-3-9-21-40/h1-34H. The largest absolute Gasteiger partial charge is 0.309 e. The minimum Gasteiger partial charge on any atom is -0.309 e. The van der Waals surface area contributed by atoms with Gasteiger partial charge in [-0.3, -0.25) is 4.57 Å². The van der Waals surface area contributed by atoms with Crippen molar-refractivity contribution in [3.63, 3.8) is 0 Å². The van der Waals surface area contributed by atoms with E-state index in [2.05, 4.69) is 191 Å². The number of aromatic nitrogens is 4. The molecule has 56 heavy (non-hydrogen) atoms. The summed E-state index contributed by atoms with van der Waals surface area (Å²) in [6.07, 6.45) is 1.89. The van der Waals surface area contributed by atoms with E-state index in [1.54, 1.807) is 0 Å². The number of pyridine rings is 2. The van der Waals surface area contributed by atoms with Crippen LogP contribution < -0.4 is 0 Å². The number of para-hydroxylation sites is 2. The molecule has 0 saturated heterocycles. The summed E-state index contributed by atoms with van der Waals surface area (Å²) in [6.45, 7) is 0. The molecular weight excluding hydrogens is 681 g/mol. The van der Waals surface area contributed by atoms with E-state index in [1.807, 2.05) is 24.4 Å². The average molecular weight is 715 g/mol. The second kappa shape index (κ2) is 13.1. The van der Waals surface area contributed by atoms with E-state index in [0.717, 1.165) is 61.6 Å². The lowest BCUT2D eigenvalue weighted by Gasteiger charge is -2.13. The molecule has 0 spiro atoms. The van der Waals surface area contributed by atoms with E-state index in [9.17, 15) is 0 Å². The second-order valence-electron chi connectivity index (χ2n) is 14.2. The maximum atomic E-state index is 5.12. The molecule has 0 saturated carbocycles. The van der Waals surface area contributed by atoms with Crippen molar-refractivity contribution in [2.75, 3.05) is 0 Å². The van der Waals surface area contributed by atoms with Gasteiger partial charge in [0.05, 0.1) is 27.9 Å². The zero-order valence-electron chi connectivity index (χ0n) is 30.4. The van der Waals surface area contributed by atoms with E-state index in [0.29, 0.717) is 0 Å². The fourth-order valence-electron chi connectivity index (χ4n) is 8.43. The van der Waals surface area contributed by atoms with Gasteiger partial charge in [0.25, 0.3) is 0 Å². The average Bonchev–Trinajstić information content (AvgIpc) is 3.80. The third kappa shape index (κ3) is 5.23. The summed E-state index contributed by atoms with van der Waals surface area (Å²) in [5.41, 5.74) is 15.3. The van der Waals surface area contributed by atoms with Gasteiger partial charge in [0.1, 0.15) is 5.65 Å². The van der Waals surface area contributed by atoms with Crippen molar-refractivity contribution in [1.82, 2.24) is 19.1 Å². The molecule has 7 aromatic carbocycles. The van der Waals surface area contributed by atoms with Gasteiger partial charge in [0.15, 0.2) is 0 Å². The molecule has 0 aliphatic carbocycles. The van der Waals surface area contributed by atoms with E-state index in [1.165, 1.54) is 38.3 Å². The van der Waals surface area contributed by atoms with Gasteiger partial charge in [-0.1, -0.05) is 127 Å². The molecule has 11 aromatic rings. The van der Waals surface area contributed by atoms with Crippen LogP contribution in [-0.4, -0.2) is 19.1 Å². The molecule has 0 bridgehead atoms. The van der Waals surface area contributed by atoms with Crippen molar-refractivity contribution in [2.24, 2.45) is 0 Å². The first-order valence-electron chi connectivity index (χ1n) is 19.0. The first-order valence-corrected chi connectivity index (χ1v) is 19.0. The van der Waals surface area contributed by atoms with Gasteiger partial charge >= 0.3 is 0 Å². The number of benzene rings is 7. The smallest absolute Gasteiger partial charge is 0.145 e. The molecule has 4 heteroatoms. The van der Waals surface area contributed by atoms with E-state index < -0.39 is 0 Å². The molecule has 0 radical (unpaired) electrons. The summed E-state index contributed by atoms with van der Waals surface area (Å²) in [7, 11) is 0. The Morgan fingerprint density at radius 2 is 0.946 bits per heavy atom. The van der Waals surface area contributed by atoms with Crippen LogP contribution in [0.4, 0.5) is 0 Å². The summed E-state index contributed by atoms with van der Waals surface area (Å²) in [5.74, 6) is 0. The van der Waals surface area contributed by atoms with Crippen molar-refractivity contribution in [1.29, 1.82) is 0 Å². The van der Waals surface area contributed by atoms with E-state index in [4.69, 9.17) is 9.97 Å². The summed E-state index contributed by atoms with van der Waals surface area (Å²) in [6, 6.07) is 71.2. The fraction of sp³-hybridized carbons (Fsp3) is 0. The van der Waals surface area contributed by atoms with Crippen molar-refractivity contribution in [2.45, 2.75) is 0 Å². The van der Waals surface area contributed by atoms with Crippen LogP contribution in [0.3, 0.4) is 0 Å². The Hall–Kier alpha value is -7.56. The molecule has 0 aliphatic heterocycles. The van der Waals surface area contributed by atoms with Crippen molar-refractivity contribution >= 4 is 43.7 Å². The monoisotopic (exact) mass is 714 g/mol. The maximum Gasteiger partial charge on any atom is 0.145 e. The first kappa shape index (κ1) is 31.9. The highest BCUT2D eigenvalue weighted by molar-refractivity contribution is 6.17. The summed E-state index contributed by atoms with van der Waals surface area (Å²) >= 11 is 0.